The lowest BCUT2D eigenvalue weighted by molar-refractivity contribution is -0.222. The zero-order valence-corrected chi connectivity index (χ0v) is 51.2. The number of unbranched alkanes of at least 4 members (excludes halogenated alkanes) is 2. The third-order valence-electron chi connectivity index (χ3n) is 16.0. The molecule has 464 valence electrons. The van der Waals surface area contributed by atoms with Crippen LogP contribution in [0.2, 0.25) is 0 Å². The molecular weight excluding hydrogens is 1250 g/mol. The summed E-state index contributed by atoms with van der Waals surface area (Å²) in [6, 6.07) is 7.92. The molecule has 25 nitrogen and oxygen atoms in total. The number of ketones is 2. The second-order valence-corrected chi connectivity index (χ2v) is 25.0. The number of hydrogen-bond donors (Lipinski definition) is 9. The van der Waals surface area contributed by atoms with Gasteiger partial charge >= 0.3 is 12.1 Å². The molecule has 0 saturated carbocycles. The summed E-state index contributed by atoms with van der Waals surface area (Å²) in [6.45, 7) is 5.50. The van der Waals surface area contributed by atoms with E-state index in [1.165, 1.54) is 40.0 Å². The maximum Gasteiger partial charge on any atom is 0.410 e. The number of carbonyl (C=O) groups excluding carboxylic acids is 10. The molecule has 0 radical (unpaired) electrons. The quantitative estimate of drug-likeness (QED) is 0.0134. The van der Waals surface area contributed by atoms with Gasteiger partial charge in [-0.15, -0.1) is 0 Å². The molecule has 3 aromatic carbocycles. The Kier molecular flexibility index (Phi) is 21.3. The highest BCUT2D eigenvalue weighted by Gasteiger charge is 2.52. The first-order valence-corrected chi connectivity index (χ1v) is 30.5. The summed E-state index contributed by atoms with van der Waals surface area (Å²) in [4.78, 5) is 136. The van der Waals surface area contributed by atoms with Gasteiger partial charge in [0.15, 0.2) is 12.1 Å². The van der Waals surface area contributed by atoms with E-state index in [1.807, 2.05) is 6.92 Å². The number of fused-ring (bicyclic) bond motifs is 3. The highest BCUT2D eigenvalue weighted by Crippen LogP contribution is 2.53. The van der Waals surface area contributed by atoms with Crippen molar-refractivity contribution in [3.63, 3.8) is 0 Å². The average Bonchev–Trinajstić information content (AvgIpc) is 0.821. The first-order valence-electron chi connectivity index (χ1n) is 28.7. The molecule has 86 heavy (non-hydrogen) atoms. The first kappa shape index (κ1) is 64.9. The van der Waals surface area contributed by atoms with Crippen molar-refractivity contribution < 1.29 is 82.2 Å². The Bertz CT molecular complexity index is 3130. The van der Waals surface area contributed by atoms with E-state index in [4.69, 9.17) is 24.7 Å². The van der Waals surface area contributed by atoms with Crippen LogP contribution in [-0.2, 0) is 56.0 Å². The lowest BCUT2D eigenvalue weighted by atomic mass is 9.72. The van der Waals surface area contributed by atoms with Crippen LogP contribution in [0.1, 0.15) is 140 Å². The molecule has 27 heteroatoms. The van der Waals surface area contributed by atoms with Crippen molar-refractivity contribution in [2.75, 3.05) is 51.7 Å². The van der Waals surface area contributed by atoms with Crippen LogP contribution in [-0.4, -0.2) is 175 Å². The summed E-state index contributed by atoms with van der Waals surface area (Å²) in [5, 5.41) is 46.6. The zero-order valence-electron chi connectivity index (χ0n) is 48.2. The molecule has 3 aliphatic heterocycles. The Morgan fingerprint density at radius 2 is 1.57 bits per heavy atom. The fourth-order valence-electron chi connectivity index (χ4n) is 11.5. The SMILES string of the molecule is COc1cccc2c1C(=O)c1c(O)c3c(c(O)c1C2=O)C[C@@](O)(C(=O)N1CCN(C(=O)OCc2ccc(NC(=O)[C@H](CCCNC(N)=O)NC(=O)[C@@H](NC(=O)CCCCCN4C(=O)CC(S)C4=O)C(C)C)cc2)CC1)C[C@@H]3O[C@H]1C[C@H](I)C[C@H](C)O1. The molecule has 1 unspecified atom stereocenters. The molecule has 5 aliphatic rings. The lowest BCUT2D eigenvalue weighted by Crippen LogP contribution is -2.58. The highest BCUT2D eigenvalue weighted by atomic mass is 127. The summed E-state index contributed by atoms with van der Waals surface area (Å²) in [6.07, 6.45) is -0.950. The number of piperazine rings is 1. The predicted molar refractivity (Wildman–Crippen MR) is 320 cm³/mol. The van der Waals surface area contributed by atoms with Crippen molar-refractivity contribution in [2.24, 2.45) is 11.7 Å². The standard InChI is InChI=1S/C59H73IN8O17S/c1-30(2)48(65-41(69)13-6-5-7-19-68-42(70)26-40(86)55(68)77)54(76)64-37(11-9-18-62-57(61)79)53(75)63-34-16-14-32(15-17-34)29-83-58(80)67-22-20-66(21-23-67)56(78)59(81)27-36-45(39(28-59)85-43-25-33(60)24-31(3)84-43)52(74)47-46(50(36)72)49(71)35-10-8-12-38(82-4)44(35)51(47)73/h8,10,12,14-17,30-31,33,37,39-40,43,48,72,74,81,86H,5-7,9,11,13,18-29H2,1-4H3,(H,63,75)(H,64,76)(H,65,69)(H3,61,62,79)/t31-,33+,37-,39-,40?,43-,48-,59-/m0/s1. The van der Waals surface area contributed by atoms with Crippen molar-refractivity contribution >= 4 is 100 Å². The van der Waals surface area contributed by atoms with Gasteiger partial charge < -0.3 is 71.1 Å². The van der Waals surface area contributed by atoms with Gasteiger partial charge in [0.25, 0.3) is 5.91 Å². The van der Waals surface area contributed by atoms with Crippen LogP contribution >= 0.6 is 35.2 Å². The van der Waals surface area contributed by atoms with Gasteiger partial charge in [0.05, 0.1) is 41.3 Å². The van der Waals surface area contributed by atoms with Crippen LogP contribution in [0.25, 0.3) is 0 Å². The number of nitrogens with one attached hydrogen (secondary N) is 4. The van der Waals surface area contributed by atoms with Crippen LogP contribution in [0.5, 0.6) is 17.2 Å². The number of nitrogens with two attached hydrogens (primary N) is 1. The van der Waals surface area contributed by atoms with Crippen LogP contribution in [0.15, 0.2) is 42.5 Å². The molecule has 3 aromatic rings. The van der Waals surface area contributed by atoms with E-state index in [-0.39, 0.29) is 127 Å². The number of phenols is 2. The van der Waals surface area contributed by atoms with E-state index in [0.717, 1.165) is 6.42 Å². The number of benzene rings is 3. The van der Waals surface area contributed by atoms with Crippen LogP contribution < -0.4 is 31.7 Å². The Hall–Kier alpha value is -7.08. The predicted octanol–water partition coefficient (Wildman–Crippen LogP) is 4.06. The van der Waals surface area contributed by atoms with E-state index in [2.05, 4.69) is 56.5 Å². The van der Waals surface area contributed by atoms with Crippen LogP contribution in [0, 0.1) is 5.92 Å². The third-order valence-corrected chi connectivity index (χ3v) is 17.4. The number of halogens is 1. The number of hydrogen-bond acceptors (Lipinski definition) is 18. The highest BCUT2D eigenvalue weighted by molar-refractivity contribution is 14.1. The van der Waals surface area contributed by atoms with Crippen molar-refractivity contribution in [1.82, 2.24) is 30.7 Å². The molecule has 8 atom stereocenters. The number of alkyl halides is 1. The zero-order chi connectivity index (χ0) is 62.3. The van der Waals surface area contributed by atoms with Gasteiger partial charge in [0.1, 0.15) is 41.5 Å². The van der Waals surface area contributed by atoms with Crippen molar-refractivity contribution in [1.29, 1.82) is 0 Å². The molecule has 0 bridgehead atoms. The minimum absolute atomic E-state index is 0.0129. The van der Waals surface area contributed by atoms with Crippen molar-refractivity contribution in [2.45, 2.75) is 143 Å². The Labute approximate surface area is 515 Å². The summed E-state index contributed by atoms with van der Waals surface area (Å²) >= 11 is 6.41. The first-order chi connectivity index (χ1) is 40.9. The number of aromatic hydroxyl groups is 2. The molecule has 3 fully saturated rings. The minimum atomic E-state index is -2.27. The number of nitrogens with zero attached hydrogens (tertiary/aromatic N) is 3. The third kappa shape index (κ3) is 14.8. The second kappa shape index (κ2) is 28.2. The number of phenolic OH excluding ortho intramolecular Hbond substituents is 2. The van der Waals surface area contributed by atoms with Gasteiger partial charge in [-0.05, 0) is 68.7 Å². The molecule has 8 rings (SSSR count). The monoisotopic (exact) mass is 1320 g/mol. The summed E-state index contributed by atoms with van der Waals surface area (Å²) in [5.41, 5.74) is 2.56. The summed E-state index contributed by atoms with van der Waals surface area (Å²) in [7, 11) is 1.33. The number of anilines is 1. The Morgan fingerprint density at radius 3 is 2.22 bits per heavy atom. The Balaban J connectivity index is 0.856. The largest absolute Gasteiger partial charge is 0.507 e. The fraction of sp³-hybridized carbons (Fsp3) is 0.525. The van der Waals surface area contributed by atoms with E-state index < -0.39 is 118 Å². The molecule has 3 heterocycles. The minimum Gasteiger partial charge on any atom is -0.507 e. The number of methoxy groups -OCH3 is 1. The van der Waals surface area contributed by atoms with E-state index >= 15 is 0 Å². The number of rotatable bonds is 22. The molecule has 0 spiro atoms. The van der Waals surface area contributed by atoms with E-state index in [9.17, 15) is 63.3 Å². The smallest absolute Gasteiger partial charge is 0.410 e. The number of aliphatic hydroxyl groups is 1. The normalized spacial score (nSPS) is 22.5. The lowest BCUT2D eigenvalue weighted by Gasteiger charge is -2.44. The van der Waals surface area contributed by atoms with Gasteiger partial charge in [0, 0.05) is 97.7 Å². The number of amides is 9. The number of likely N-dealkylation sites (tertiary alicyclic amines) is 1. The number of thiol groups is 1. The number of ether oxygens (including phenoxy) is 4. The van der Waals surface area contributed by atoms with Crippen LogP contribution in [0.4, 0.5) is 15.3 Å². The summed E-state index contributed by atoms with van der Waals surface area (Å²) < 4.78 is 23.7. The molecule has 2 aliphatic carbocycles. The number of primary amides is 1. The molecular formula is C59H73IN8O17S. The molecule has 9 N–H and O–H groups in total. The van der Waals surface area contributed by atoms with Gasteiger partial charge in [-0.2, -0.15) is 12.6 Å². The van der Waals surface area contributed by atoms with Crippen LogP contribution in [0.3, 0.4) is 0 Å². The maximum absolute atomic E-state index is 14.6. The van der Waals surface area contributed by atoms with Crippen molar-refractivity contribution in [3.05, 3.63) is 81.4 Å². The second-order valence-electron chi connectivity index (χ2n) is 22.6. The number of imide groups is 1. The molecule has 9 amide bonds. The van der Waals surface area contributed by atoms with Gasteiger partial charge in [0.2, 0.25) is 35.3 Å². The van der Waals surface area contributed by atoms with Gasteiger partial charge in [-0.1, -0.05) is 67.1 Å². The molecule has 3 saturated heterocycles. The van der Waals surface area contributed by atoms with E-state index in [0.29, 0.717) is 36.9 Å². The summed E-state index contributed by atoms with van der Waals surface area (Å²) in [5.74, 6) is -6.08. The topological polar surface area (TPSA) is 352 Å². The van der Waals surface area contributed by atoms with E-state index in [1.54, 1.807) is 38.1 Å². The van der Waals surface area contributed by atoms with Gasteiger partial charge in [-0.25, -0.2) is 9.59 Å². The number of carbonyl (C=O) groups is 10. The van der Waals surface area contributed by atoms with Crippen molar-refractivity contribution in [3.8, 4) is 17.2 Å². The number of urea groups is 1. The van der Waals surface area contributed by atoms with Gasteiger partial charge in [-0.3, -0.25) is 43.3 Å². The fourth-order valence-corrected chi connectivity index (χ4v) is 12.9. The molecule has 0 aromatic heterocycles. The Morgan fingerprint density at radius 1 is 0.872 bits per heavy atom. The average molecular weight is 1330 g/mol. The maximum atomic E-state index is 14.6.